The average molecular weight is 298 g/mol. The summed E-state index contributed by atoms with van der Waals surface area (Å²) in [7, 11) is -3.12. The predicted molar refractivity (Wildman–Crippen MR) is 74.6 cm³/mol. The molecule has 4 nitrogen and oxygen atoms in total. The van der Waals surface area contributed by atoms with E-state index in [4.69, 9.17) is 16.3 Å². The third-order valence-corrected chi connectivity index (χ3v) is 5.27. The zero-order valence-corrected chi connectivity index (χ0v) is 12.7. The van der Waals surface area contributed by atoms with E-state index < -0.39 is 10.0 Å². The lowest BCUT2D eigenvalue weighted by Crippen LogP contribution is -2.44. The van der Waals surface area contributed by atoms with Crippen LogP contribution in [0.15, 0.2) is 0 Å². The molecule has 1 aliphatic heterocycles. The van der Waals surface area contributed by atoms with E-state index in [2.05, 4.69) is 6.92 Å². The van der Waals surface area contributed by atoms with Gasteiger partial charge in [0, 0.05) is 25.6 Å². The number of alkyl halides is 1. The second-order valence-electron chi connectivity index (χ2n) is 4.71. The van der Waals surface area contributed by atoms with Crippen molar-refractivity contribution in [2.24, 2.45) is 0 Å². The molecule has 1 aliphatic rings. The van der Waals surface area contributed by atoms with Gasteiger partial charge >= 0.3 is 0 Å². The molecule has 0 saturated carbocycles. The van der Waals surface area contributed by atoms with Crippen LogP contribution in [0, 0.1) is 0 Å². The van der Waals surface area contributed by atoms with Crippen LogP contribution in [0.3, 0.4) is 0 Å². The Morgan fingerprint density at radius 2 is 2.17 bits per heavy atom. The highest BCUT2D eigenvalue weighted by Crippen LogP contribution is 2.17. The molecule has 1 fully saturated rings. The molecule has 0 N–H and O–H groups in total. The van der Waals surface area contributed by atoms with Crippen molar-refractivity contribution in [3.05, 3.63) is 0 Å². The fourth-order valence-corrected chi connectivity index (χ4v) is 3.90. The molecule has 1 heterocycles. The first-order chi connectivity index (χ1) is 8.60. The first-order valence-corrected chi connectivity index (χ1v) is 8.90. The number of halogens is 1. The van der Waals surface area contributed by atoms with E-state index in [1.165, 1.54) is 0 Å². The predicted octanol–water partition coefficient (Wildman–Crippen LogP) is 2.23. The smallest absolute Gasteiger partial charge is 0.214 e. The summed E-state index contributed by atoms with van der Waals surface area (Å²) in [6.07, 6.45) is 4.30. The number of sulfonamides is 1. The molecular weight excluding hydrogens is 274 g/mol. The quantitative estimate of drug-likeness (QED) is 0.510. The lowest BCUT2D eigenvalue weighted by molar-refractivity contribution is 0.0193. The molecular formula is C12H24ClNO3S. The van der Waals surface area contributed by atoms with Gasteiger partial charge in [-0.3, -0.25) is 0 Å². The van der Waals surface area contributed by atoms with Crippen molar-refractivity contribution in [2.45, 2.75) is 45.1 Å². The third kappa shape index (κ3) is 5.43. The zero-order valence-electron chi connectivity index (χ0n) is 11.1. The summed E-state index contributed by atoms with van der Waals surface area (Å²) in [5.41, 5.74) is 0. The van der Waals surface area contributed by atoms with Crippen molar-refractivity contribution in [1.29, 1.82) is 0 Å². The number of nitrogens with zero attached hydrogens (tertiary/aromatic N) is 1. The van der Waals surface area contributed by atoms with Crippen LogP contribution in [-0.2, 0) is 14.8 Å². The Balaban J connectivity index is 2.43. The SMILES string of the molecule is CCCOC1CCCN(S(=O)(=O)CCCCCl)C1. The molecule has 108 valence electrons. The lowest BCUT2D eigenvalue weighted by atomic mass is 10.1. The van der Waals surface area contributed by atoms with Gasteiger partial charge in [0.1, 0.15) is 0 Å². The van der Waals surface area contributed by atoms with Crippen molar-refractivity contribution in [3.63, 3.8) is 0 Å². The van der Waals surface area contributed by atoms with Crippen LogP contribution in [0.4, 0.5) is 0 Å². The maximum absolute atomic E-state index is 12.1. The molecule has 6 heteroatoms. The highest BCUT2D eigenvalue weighted by Gasteiger charge is 2.28. The van der Waals surface area contributed by atoms with Gasteiger partial charge in [0.05, 0.1) is 11.9 Å². The Hall–Kier alpha value is 0.160. The second-order valence-corrected chi connectivity index (χ2v) is 7.17. The molecule has 1 rings (SSSR count). The molecule has 0 bridgehead atoms. The normalized spacial score (nSPS) is 22.2. The van der Waals surface area contributed by atoms with Gasteiger partial charge in [-0.05, 0) is 32.1 Å². The zero-order chi connectivity index (χ0) is 13.4. The van der Waals surface area contributed by atoms with Crippen LogP contribution < -0.4 is 0 Å². The maximum atomic E-state index is 12.1. The summed E-state index contributed by atoms with van der Waals surface area (Å²) in [6, 6.07) is 0. The topological polar surface area (TPSA) is 46.6 Å². The monoisotopic (exact) mass is 297 g/mol. The second kappa shape index (κ2) is 8.35. The van der Waals surface area contributed by atoms with Gasteiger partial charge in [-0.25, -0.2) is 8.42 Å². The molecule has 0 spiro atoms. The first-order valence-electron chi connectivity index (χ1n) is 6.75. The van der Waals surface area contributed by atoms with Gasteiger partial charge in [0.15, 0.2) is 0 Å². The van der Waals surface area contributed by atoms with Crippen LogP contribution in [0.2, 0.25) is 0 Å². The fourth-order valence-electron chi connectivity index (χ4n) is 2.09. The van der Waals surface area contributed by atoms with E-state index in [0.717, 1.165) is 25.7 Å². The van der Waals surface area contributed by atoms with Gasteiger partial charge in [-0.15, -0.1) is 11.6 Å². The van der Waals surface area contributed by atoms with E-state index in [1.54, 1.807) is 4.31 Å². The largest absolute Gasteiger partial charge is 0.377 e. The Morgan fingerprint density at radius 1 is 1.39 bits per heavy atom. The summed E-state index contributed by atoms with van der Waals surface area (Å²) in [6.45, 7) is 3.92. The third-order valence-electron chi connectivity index (χ3n) is 3.08. The van der Waals surface area contributed by atoms with Crippen molar-refractivity contribution in [1.82, 2.24) is 4.31 Å². The Kier molecular flexibility index (Phi) is 7.53. The van der Waals surface area contributed by atoms with Crippen molar-refractivity contribution >= 4 is 21.6 Å². The molecule has 0 amide bonds. The lowest BCUT2D eigenvalue weighted by Gasteiger charge is -2.31. The van der Waals surface area contributed by atoms with Gasteiger partial charge < -0.3 is 4.74 Å². The van der Waals surface area contributed by atoms with E-state index >= 15 is 0 Å². The number of hydrogen-bond acceptors (Lipinski definition) is 3. The molecule has 0 aromatic carbocycles. The van der Waals surface area contributed by atoms with Crippen LogP contribution in [-0.4, -0.2) is 50.2 Å². The van der Waals surface area contributed by atoms with E-state index in [0.29, 0.717) is 32.0 Å². The highest BCUT2D eigenvalue weighted by atomic mass is 35.5. The summed E-state index contributed by atoms with van der Waals surface area (Å²) in [4.78, 5) is 0. The summed E-state index contributed by atoms with van der Waals surface area (Å²) < 4.78 is 31.5. The minimum Gasteiger partial charge on any atom is -0.377 e. The Bertz CT molecular complexity index is 321. The number of unbranched alkanes of at least 4 members (excludes halogenated alkanes) is 1. The van der Waals surface area contributed by atoms with Crippen LogP contribution in [0.1, 0.15) is 39.0 Å². The summed E-state index contributed by atoms with van der Waals surface area (Å²) in [5.74, 6) is 0.734. The number of piperidine rings is 1. The Labute approximate surface area is 116 Å². The number of hydrogen-bond donors (Lipinski definition) is 0. The summed E-state index contributed by atoms with van der Waals surface area (Å²) in [5, 5.41) is 0. The molecule has 1 unspecified atom stereocenters. The molecule has 0 aromatic heterocycles. The van der Waals surface area contributed by atoms with Crippen LogP contribution in [0.5, 0.6) is 0 Å². The van der Waals surface area contributed by atoms with E-state index in [1.807, 2.05) is 0 Å². The number of ether oxygens (including phenoxy) is 1. The fraction of sp³-hybridized carbons (Fsp3) is 1.00. The minimum absolute atomic E-state index is 0.0708. The van der Waals surface area contributed by atoms with Gasteiger partial charge in [-0.1, -0.05) is 6.92 Å². The van der Waals surface area contributed by atoms with Gasteiger partial charge in [0.2, 0.25) is 10.0 Å². The van der Waals surface area contributed by atoms with Crippen molar-refractivity contribution in [2.75, 3.05) is 31.3 Å². The standard InChI is InChI=1S/C12H24ClNO3S/c1-2-9-17-12-6-5-8-14(11-12)18(15,16)10-4-3-7-13/h12H,2-11H2,1H3. The molecule has 0 radical (unpaired) electrons. The average Bonchev–Trinajstić information content (AvgIpc) is 2.37. The minimum atomic E-state index is -3.12. The van der Waals surface area contributed by atoms with E-state index in [9.17, 15) is 8.42 Å². The highest BCUT2D eigenvalue weighted by molar-refractivity contribution is 7.89. The van der Waals surface area contributed by atoms with Gasteiger partial charge in [-0.2, -0.15) is 4.31 Å². The molecule has 0 aromatic rings. The Morgan fingerprint density at radius 3 is 2.83 bits per heavy atom. The maximum Gasteiger partial charge on any atom is 0.214 e. The molecule has 1 saturated heterocycles. The van der Waals surface area contributed by atoms with Gasteiger partial charge in [0.25, 0.3) is 0 Å². The molecule has 1 atom stereocenters. The number of rotatable bonds is 8. The first kappa shape index (κ1) is 16.2. The van der Waals surface area contributed by atoms with Crippen molar-refractivity contribution in [3.8, 4) is 0 Å². The van der Waals surface area contributed by atoms with Crippen LogP contribution >= 0.6 is 11.6 Å². The summed E-state index contributed by atoms with van der Waals surface area (Å²) >= 11 is 5.57. The van der Waals surface area contributed by atoms with Crippen LogP contribution in [0.25, 0.3) is 0 Å². The molecule has 0 aliphatic carbocycles. The van der Waals surface area contributed by atoms with Crippen molar-refractivity contribution < 1.29 is 13.2 Å². The van der Waals surface area contributed by atoms with E-state index in [-0.39, 0.29) is 11.9 Å². The molecule has 18 heavy (non-hydrogen) atoms.